The van der Waals surface area contributed by atoms with Crippen LogP contribution in [0.1, 0.15) is 0 Å². The minimum atomic E-state index is -4.74. The summed E-state index contributed by atoms with van der Waals surface area (Å²) in [7, 11) is 0. The van der Waals surface area contributed by atoms with E-state index in [9.17, 15) is 13.2 Å². The average Bonchev–Trinajstić information content (AvgIpc) is 2.60. The van der Waals surface area contributed by atoms with Crippen molar-refractivity contribution in [1.29, 1.82) is 0 Å². The highest BCUT2D eigenvalue weighted by Crippen LogP contribution is 2.29. The third-order valence-corrected chi connectivity index (χ3v) is 3.15. The standard InChI is InChI=1S/C16H13F3N6O/c17-16(18,19)26-11-6-4-10(5-7-11)24-14-13(20)15(23-9-22-14)25-12-3-1-2-8-21-12/h1-9H,20H2,(H2,21,22,23,24,25). The van der Waals surface area contributed by atoms with Crippen LogP contribution in [0.4, 0.5) is 42.0 Å². The zero-order valence-electron chi connectivity index (χ0n) is 13.2. The molecule has 2 aromatic heterocycles. The number of alkyl halides is 3. The van der Waals surface area contributed by atoms with Gasteiger partial charge >= 0.3 is 6.36 Å². The van der Waals surface area contributed by atoms with Crippen molar-refractivity contribution >= 4 is 28.8 Å². The Hall–Kier alpha value is -3.56. The van der Waals surface area contributed by atoms with E-state index in [1.807, 2.05) is 0 Å². The van der Waals surface area contributed by atoms with Gasteiger partial charge in [0.25, 0.3) is 0 Å². The first-order chi connectivity index (χ1) is 12.4. The molecule has 0 amide bonds. The number of nitrogens with two attached hydrogens (primary N) is 1. The van der Waals surface area contributed by atoms with E-state index in [4.69, 9.17) is 5.73 Å². The van der Waals surface area contributed by atoms with Crippen LogP contribution >= 0.6 is 0 Å². The molecule has 0 bridgehead atoms. The first-order valence-electron chi connectivity index (χ1n) is 7.32. The largest absolute Gasteiger partial charge is 0.573 e. The maximum Gasteiger partial charge on any atom is 0.573 e. The molecule has 0 saturated heterocycles. The van der Waals surface area contributed by atoms with Crippen LogP contribution in [0, 0.1) is 0 Å². The quantitative estimate of drug-likeness (QED) is 0.634. The Morgan fingerprint density at radius 3 is 2.19 bits per heavy atom. The van der Waals surface area contributed by atoms with Crippen molar-refractivity contribution in [2.24, 2.45) is 0 Å². The number of hydrogen-bond donors (Lipinski definition) is 3. The average molecular weight is 362 g/mol. The Labute approximate surface area is 146 Å². The number of nitrogens with one attached hydrogen (secondary N) is 2. The molecule has 1 aromatic carbocycles. The number of rotatable bonds is 5. The van der Waals surface area contributed by atoms with Crippen molar-refractivity contribution in [3.8, 4) is 5.75 Å². The second kappa shape index (κ2) is 7.13. The Bertz CT molecular complexity index is 871. The highest BCUT2D eigenvalue weighted by Gasteiger charge is 2.30. The molecule has 10 heteroatoms. The van der Waals surface area contributed by atoms with Crippen LogP contribution in [0.15, 0.2) is 55.0 Å². The van der Waals surface area contributed by atoms with Gasteiger partial charge in [0, 0.05) is 11.9 Å². The topological polar surface area (TPSA) is 98.0 Å². The highest BCUT2D eigenvalue weighted by atomic mass is 19.4. The molecule has 3 aromatic rings. The summed E-state index contributed by atoms with van der Waals surface area (Å²) in [6, 6.07) is 10.5. The Morgan fingerprint density at radius 2 is 1.58 bits per heavy atom. The van der Waals surface area contributed by atoms with Gasteiger partial charge in [0.05, 0.1) is 0 Å². The molecule has 26 heavy (non-hydrogen) atoms. The predicted octanol–water partition coefficient (Wildman–Crippen LogP) is 3.84. The van der Waals surface area contributed by atoms with E-state index < -0.39 is 6.36 Å². The molecule has 0 aliphatic rings. The Balaban J connectivity index is 1.75. The normalized spacial score (nSPS) is 11.0. The molecule has 0 fully saturated rings. The van der Waals surface area contributed by atoms with Crippen LogP contribution in [0.25, 0.3) is 0 Å². The van der Waals surface area contributed by atoms with Crippen LogP contribution in [0.2, 0.25) is 0 Å². The van der Waals surface area contributed by atoms with Crippen molar-refractivity contribution < 1.29 is 17.9 Å². The first-order valence-corrected chi connectivity index (χ1v) is 7.32. The first kappa shape index (κ1) is 17.3. The van der Waals surface area contributed by atoms with Gasteiger partial charge < -0.3 is 21.1 Å². The fourth-order valence-electron chi connectivity index (χ4n) is 2.03. The smallest absolute Gasteiger partial charge is 0.406 e. The molecule has 4 N–H and O–H groups in total. The van der Waals surface area contributed by atoms with E-state index in [0.717, 1.165) is 0 Å². The van der Waals surface area contributed by atoms with E-state index in [1.165, 1.54) is 30.6 Å². The number of pyridine rings is 1. The molecule has 134 valence electrons. The summed E-state index contributed by atoms with van der Waals surface area (Å²) in [5.74, 6) is 0.870. The zero-order valence-corrected chi connectivity index (χ0v) is 13.2. The summed E-state index contributed by atoms with van der Waals surface area (Å²) in [6.45, 7) is 0. The second-order valence-corrected chi connectivity index (χ2v) is 5.02. The highest BCUT2D eigenvalue weighted by molar-refractivity contribution is 5.79. The van der Waals surface area contributed by atoms with E-state index in [2.05, 4.69) is 30.3 Å². The van der Waals surface area contributed by atoms with Gasteiger partial charge in [-0.2, -0.15) is 0 Å². The fraction of sp³-hybridized carbons (Fsp3) is 0.0625. The fourth-order valence-corrected chi connectivity index (χ4v) is 2.03. The van der Waals surface area contributed by atoms with Crippen molar-refractivity contribution in [3.05, 3.63) is 55.0 Å². The number of ether oxygens (including phenoxy) is 1. The molecule has 7 nitrogen and oxygen atoms in total. The van der Waals surface area contributed by atoms with E-state index in [0.29, 0.717) is 23.1 Å². The molecule has 0 spiro atoms. The number of nitrogens with zero attached hydrogens (tertiary/aromatic N) is 3. The second-order valence-electron chi connectivity index (χ2n) is 5.02. The minimum Gasteiger partial charge on any atom is -0.406 e. The number of benzene rings is 1. The molecule has 0 aliphatic heterocycles. The summed E-state index contributed by atoms with van der Waals surface area (Å²) in [4.78, 5) is 12.2. The van der Waals surface area contributed by atoms with E-state index in [-0.39, 0.29) is 11.4 Å². The third-order valence-electron chi connectivity index (χ3n) is 3.15. The van der Waals surface area contributed by atoms with Gasteiger partial charge in [0.1, 0.15) is 23.6 Å². The van der Waals surface area contributed by atoms with Crippen molar-refractivity contribution in [2.75, 3.05) is 16.4 Å². The molecule has 0 unspecified atom stereocenters. The lowest BCUT2D eigenvalue weighted by Crippen LogP contribution is -2.17. The van der Waals surface area contributed by atoms with Crippen LogP contribution in [-0.2, 0) is 0 Å². The molecule has 2 heterocycles. The number of hydrogen-bond acceptors (Lipinski definition) is 7. The van der Waals surface area contributed by atoms with Gasteiger partial charge in [-0.05, 0) is 36.4 Å². The van der Waals surface area contributed by atoms with Gasteiger partial charge in [-0.3, -0.25) is 0 Å². The molecule has 0 aliphatic carbocycles. The van der Waals surface area contributed by atoms with E-state index >= 15 is 0 Å². The summed E-state index contributed by atoms with van der Waals surface area (Å²) in [5, 5.41) is 5.88. The molecular weight excluding hydrogens is 349 g/mol. The van der Waals surface area contributed by atoms with Gasteiger partial charge in [0.15, 0.2) is 11.6 Å². The summed E-state index contributed by atoms with van der Waals surface area (Å²) in [6.07, 6.45) is -1.83. The van der Waals surface area contributed by atoms with Gasteiger partial charge in [-0.1, -0.05) is 6.07 Å². The molecule has 0 radical (unpaired) electrons. The lowest BCUT2D eigenvalue weighted by Gasteiger charge is -2.13. The van der Waals surface area contributed by atoms with E-state index in [1.54, 1.807) is 24.4 Å². The van der Waals surface area contributed by atoms with Crippen LogP contribution in [-0.4, -0.2) is 21.3 Å². The number of nitrogen functional groups attached to an aromatic ring is 1. The van der Waals surface area contributed by atoms with Crippen LogP contribution < -0.4 is 21.1 Å². The van der Waals surface area contributed by atoms with Crippen molar-refractivity contribution in [1.82, 2.24) is 15.0 Å². The third kappa shape index (κ3) is 4.50. The minimum absolute atomic E-state index is 0.230. The molecular formula is C16H13F3N6O. The SMILES string of the molecule is Nc1c(Nc2ccc(OC(F)(F)F)cc2)ncnc1Nc1ccccn1. The summed E-state index contributed by atoms with van der Waals surface area (Å²) >= 11 is 0. The van der Waals surface area contributed by atoms with Gasteiger partial charge in [0.2, 0.25) is 0 Å². The maximum absolute atomic E-state index is 12.2. The van der Waals surface area contributed by atoms with Crippen molar-refractivity contribution in [3.63, 3.8) is 0 Å². The number of halogens is 3. The molecule has 3 rings (SSSR count). The molecule has 0 saturated carbocycles. The lowest BCUT2D eigenvalue weighted by molar-refractivity contribution is -0.274. The maximum atomic E-state index is 12.2. The van der Waals surface area contributed by atoms with Crippen LogP contribution in [0.5, 0.6) is 5.75 Å². The van der Waals surface area contributed by atoms with Crippen LogP contribution in [0.3, 0.4) is 0 Å². The Morgan fingerprint density at radius 1 is 0.885 bits per heavy atom. The summed E-state index contributed by atoms with van der Waals surface area (Å²) < 4.78 is 40.4. The lowest BCUT2D eigenvalue weighted by atomic mass is 10.3. The van der Waals surface area contributed by atoms with Gasteiger partial charge in [-0.15, -0.1) is 13.2 Å². The summed E-state index contributed by atoms with van der Waals surface area (Å²) in [5.41, 5.74) is 6.75. The number of aromatic nitrogens is 3. The predicted molar refractivity (Wildman–Crippen MR) is 90.4 cm³/mol. The Kier molecular flexibility index (Phi) is 4.74. The van der Waals surface area contributed by atoms with Gasteiger partial charge in [-0.25, -0.2) is 15.0 Å². The number of anilines is 5. The van der Waals surface area contributed by atoms with Crippen molar-refractivity contribution in [2.45, 2.75) is 6.36 Å². The monoisotopic (exact) mass is 362 g/mol. The zero-order chi connectivity index (χ0) is 18.6. The molecule has 0 atom stereocenters.